The summed E-state index contributed by atoms with van der Waals surface area (Å²) in [4.78, 5) is 6.88. The highest BCUT2D eigenvalue weighted by Crippen LogP contribution is 2.28. The Hall–Kier alpha value is -2.43. The highest BCUT2D eigenvalue weighted by atomic mass is 19.1. The van der Waals surface area contributed by atoms with Crippen molar-refractivity contribution in [1.82, 2.24) is 14.6 Å². The van der Waals surface area contributed by atoms with Crippen molar-refractivity contribution in [2.75, 3.05) is 24.7 Å². The fourth-order valence-electron chi connectivity index (χ4n) is 3.05. The molecule has 2 aromatic heterocycles. The Kier molecular flexibility index (Phi) is 3.25. The van der Waals surface area contributed by atoms with Crippen LogP contribution in [0.2, 0.25) is 0 Å². The summed E-state index contributed by atoms with van der Waals surface area (Å²) in [6.45, 7) is 1.35. The highest BCUT2D eigenvalue weighted by molar-refractivity contribution is 5.67. The summed E-state index contributed by atoms with van der Waals surface area (Å²) in [5.74, 6) is 1.11. The van der Waals surface area contributed by atoms with Gasteiger partial charge in [-0.1, -0.05) is 30.3 Å². The molecule has 5 heteroatoms. The predicted octanol–water partition coefficient (Wildman–Crippen LogP) is 3.19. The molecule has 1 aliphatic heterocycles. The van der Waals surface area contributed by atoms with Crippen molar-refractivity contribution < 1.29 is 4.39 Å². The van der Waals surface area contributed by atoms with Gasteiger partial charge in [-0.2, -0.15) is 9.61 Å². The van der Waals surface area contributed by atoms with Crippen molar-refractivity contribution in [3.8, 4) is 11.3 Å². The molecule has 112 valence electrons. The number of benzene rings is 1. The molecule has 1 aliphatic rings. The quantitative estimate of drug-likeness (QED) is 0.744. The minimum atomic E-state index is -0.255. The van der Waals surface area contributed by atoms with Crippen LogP contribution in [0.25, 0.3) is 16.9 Å². The molecule has 0 bridgehead atoms. The molecule has 0 radical (unpaired) electrons. The Morgan fingerprint density at radius 1 is 1.18 bits per heavy atom. The monoisotopic (exact) mass is 296 g/mol. The lowest BCUT2D eigenvalue weighted by molar-refractivity contribution is 0.384. The molecule has 4 nitrogen and oxygen atoms in total. The van der Waals surface area contributed by atoms with Crippen molar-refractivity contribution >= 4 is 11.5 Å². The molecule has 1 aromatic carbocycles. The molecule has 22 heavy (non-hydrogen) atoms. The lowest BCUT2D eigenvalue weighted by Gasteiger charge is -2.20. The Labute approximate surface area is 128 Å². The van der Waals surface area contributed by atoms with Gasteiger partial charge in [-0.3, -0.25) is 4.39 Å². The maximum absolute atomic E-state index is 12.9. The van der Waals surface area contributed by atoms with E-state index in [1.165, 1.54) is 0 Å². The van der Waals surface area contributed by atoms with Crippen LogP contribution in [0.4, 0.5) is 10.2 Å². The van der Waals surface area contributed by atoms with E-state index in [1.807, 2.05) is 40.9 Å². The maximum atomic E-state index is 12.9. The van der Waals surface area contributed by atoms with E-state index < -0.39 is 0 Å². The molecule has 0 saturated carbocycles. The first kappa shape index (κ1) is 13.2. The lowest BCUT2D eigenvalue weighted by Crippen LogP contribution is -2.23. The number of hydrogen-bond donors (Lipinski definition) is 0. The lowest BCUT2D eigenvalue weighted by atomic mass is 10.1. The van der Waals surface area contributed by atoms with E-state index in [2.05, 4.69) is 21.0 Å². The van der Waals surface area contributed by atoms with Crippen LogP contribution in [0, 0.1) is 5.92 Å². The summed E-state index contributed by atoms with van der Waals surface area (Å²) in [7, 11) is 0. The summed E-state index contributed by atoms with van der Waals surface area (Å²) in [5.41, 5.74) is 2.82. The fraction of sp³-hybridized carbons (Fsp3) is 0.294. The third-order valence-electron chi connectivity index (χ3n) is 4.24. The number of anilines is 1. The maximum Gasteiger partial charge on any atom is 0.157 e. The molecule has 1 fully saturated rings. The average molecular weight is 296 g/mol. The number of fused-ring (bicyclic) bond motifs is 1. The molecule has 0 spiro atoms. The zero-order chi connectivity index (χ0) is 14.9. The van der Waals surface area contributed by atoms with Crippen molar-refractivity contribution in [2.24, 2.45) is 5.92 Å². The molecular formula is C17H17FN4. The molecule has 1 unspecified atom stereocenters. The van der Waals surface area contributed by atoms with Gasteiger partial charge in [0.1, 0.15) is 5.82 Å². The highest BCUT2D eigenvalue weighted by Gasteiger charge is 2.25. The molecule has 0 N–H and O–H groups in total. The summed E-state index contributed by atoms with van der Waals surface area (Å²) in [6, 6.07) is 14.1. The standard InChI is InChI=1S/C17H17FN4/c18-11-13-7-9-21(12-13)17-10-15(14-4-2-1-3-5-14)20-16-6-8-19-22(16)17/h1-6,8,10,13H,7,9,11-12H2. The number of alkyl halides is 1. The molecule has 0 amide bonds. The van der Waals surface area contributed by atoms with Gasteiger partial charge in [0.25, 0.3) is 0 Å². The first-order valence-electron chi connectivity index (χ1n) is 7.56. The molecule has 0 aliphatic carbocycles. The summed E-state index contributed by atoms with van der Waals surface area (Å²) < 4.78 is 14.8. The van der Waals surface area contributed by atoms with Crippen LogP contribution in [-0.2, 0) is 0 Å². The average Bonchev–Trinajstić information content (AvgIpc) is 3.23. The summed E-state index contributed by atoms with van der Waals surface area (Å²) in [6.07, 6.45) is 2.64. The van der Waals surface area contributed by atoms with Crippen LogP contribution in [0.3, 0.4) is 0 Å². The van der Waals surface area contributed by atoms with Gasteiger partial charge >= 0.3 is 0 Å². The summed E-state index contributed by atoms with van der Waals surface area (Å²) >= 11 is 0. The third-order valence-corrected chi connectivity index (χ3v) is 4.24. The minimum absolute atomic E-state index is 0.124. The minimum Gasteiger partial charge on any atom is -0.356 e. The largest absolute Gasteiger partial charge is 0.356 e. The second-order valence-electron chi connectivity index (χ2n) is 5.72. The summed E-state index contributed by atoms with van der Waals surface area (Å²) in [5, 5.41) is 4.37. The van der Waals surface area contributed by atoms with E-state index in [-0.39, 0.29) is 12.6 Å². The van der Waals surface area contributed by atoms with Gasteiger partial charge in [-0.05, 0) is 6.42 Å². The first-order chi connectivity index (χ1) is 10.8. The van der Waals surface area contributed by atoms with Crippen LogP contribution < -0.4 is 4.90 Å². The number of aromatic nitrogens is 3. The number of halogens is 1. The van der Waals surface area contributed by atoms with Gasteiger partial charge in [-0.25, -0.2) is 4.98 Å². The Morgan fingerprint density at radius 3 is 2.82 bits per heavy atom. The Morgan fingerprint density at radius 2 is 2.05 bits per heavy atom. The van der Waals surface area contributed by atoms with Gasteiger partial charge in [-0.15, -0.1) is 0 Å². The van der Waals surface area contributed by atoms with Crippen molar-refractivity contribution in [3.63, 3.8) is 0 Å². The second kappa shape index (κ2) is 5.40. The smallest absolute Gasteiger partial charge is 0.157 e. The Balaban J connectivity index is 1.81. The van der Waals surface area contributed by atoms with E-state index in [1.54, 1.807) is 6.20 Å². The fourth-order valence-corrected chi connectivity index (χ4v) is 3.05. The normalized spacial score (nSPS) is 18.2. The molecule has 3 heterocycles. The zero-order valence-corrected chi connectivity index (χ0v) is 12.2. The topological polar surface area (TPSA) is 33.4 Å². The molecular weight excluding hydrogens is 279 g/mol. The second-order valence-corrected chi connectivity index (χ2v) is 5.72. The third kappa shape index (κ3) is 2.22. The van der Waals surface area contributed by atoms with Crippen LogP contribution in [-0.4, -0.2) is 34.4 Å². The van der Waals surface area contributed by atoms with Crippen molar-refractivity contribution in [1.29, 1.82) is 0 Å². The Bertz CT molecular complexity index is 784. The van der Waals surface area contributed by atoms with E-state index in [0.29, 0.717) is 0 Å². The van der Waals surface area contributed by atoms with Gasteiger partial charge in [0, 0.05) is 36.7 Å². The van der Waals surface area contributed by atoms with Crippen molar-refractivity contribution in [2.45, 2.75) is 6.42 Å². The van der Waals surface area contributed by atoms with E-state index in [9.17, 15) is 4.39 Å². The van der Waals surface area contributed by atoms with Gasteiger partial charge in [0.2, 0.25) is 0 Å². The van der Waals surface area contributed by atoms with Gasteiger partial charge in [0.05, 0.1) is 18.6 Å². The van der Waals surface area contributed by atoms with Gasteiger partial charge in [0.15, 0.2) is 5.65 Å². The van der Waals surface area contributed by atoms with Crippen LogP contribution >= 0.6 is 0 Å². The molecule has 1 atom stereocenters. The number of nitrogens with zero attached hydrogens (tertiary/aromatic N) is 4. The van der Waals surface area contributed by atoms with Crippen LogP contribution in [0.5, 0.6) is 0 Å². The van der Waals surface area contributed by atoms with Gasteiger partial charge < -0.3 is 4.90 Å². The number of hydrogen-bond acceptors (Lipinski definition) is 3. The first-order valence-corrected chi connectivity index (χ1v) is 7.56. The predicted molar refractivity (Wildman–Crippen MR) is 84.7 cm³/mol. The van der Waals surface area contributed by atoms with E-state index in [0.717, 1.165) is 42.2 Å². The zero-order valence-electron chi connectivity index (χ0n) is 12.2. The molecule has 1 saturated heterocycles. The number of rotatable bonds is 3. The SMILES string of the molecule is FCC1CCN(c2cc(-c3ccccc3)nc3ccnn23)C1. The van der Waals surface area contributed by atoms with E-state index >= 15 is 0 Å². The van der Waals surface area contributed by atoms with Crippen molar-refractivity contribution in [3.05, 3.63) is 48.7 Å². The van der Waals surface area contributed by atoms with Crippen LogP contribution in [0.1, 0.15) is 6.42 Å². The molecule has 3 aromatic rings. The molecule has 4 rings (SSSR count). The van der Waals surface area contributed by atoms with Crippen LogP contribution in [0.15, 0.2) is 48.7 Å². The van der Waals surface area contributed by atoms with E-state index in [4.69, 9.17) is 0 Å².